The summed E-state index contributed by atoms with van der Waals surface area (Å²) in [6.45, 7) is 6.89. The lowest BCUT2D eigenvalue weighted by molar-refractivity contribution is -0.193. The van der Waals surface area contributed by atoms with Crippen LogP contribution in [-0.2, 0) is 25.7 Å². The van der Waals surface area contributed by atoms with Crippen LogP contribution in [0.15, 0.2) is 42.7 Å². The first-order valence-electron chi connectivity index (χ1n) is 14.4. The first-order valence-corrected chi connectivity index (χ1v) is 14.4. The van der Waals surface area contributed by atoms with Crippen molar-refractivity contribution < 1.29 is 60.4 Å². The predicted molar refractivity (Wildman–Crippen MR) is 152 cm³/mol. The highest BCUT2D eigenvalue weighted by atomic mass is 19.4. The Balaban J connectivity index is 0.000000360. The quantitative estimate of drug-likeness (QED) is 0.449. The van der Waals surface area contributed by atoms with Gasteiger partial charge in [-0.15, -0.1) is 0 Å². The number of carboxylic acid groups (broad SMARTS) is 2. The fourth-order valence-corrected chi connectivity index (χ4v) is 5.68. The number of carboxylic acids is 2. The van der Waals surface area contributed by atoms with Gasteiger partial charge in [-0.2, -0.15) is 26.3 Å². The third-order valence-electron chi connectivity index (χ3n) is 7.88. The fourth-order valence-electron chi connectivity index (χ4n) is 5.68. The molecule has 12 nitrogen and oxygen atoms in total. The topological polar surface area (TPSA) is 146 Å². The van der Waals surface area contributed by atoms with Crippen molar-refractivity contribution in [3.8, 4) is 5.75 Å². The van der Waals surface area contributed by atoms with Crippen LogP contribution in [0.5, 0.6) is 5.75 Å². The van der Waals surface area contributed by atoms with E-state index in [4.69, 9.17) is 29.3 Å². The van der Waals surface area contributed by atoms with Crippen LogP contribution in [0, 0.1) is 11.3 Å². The van der Waals surface area contributed by atoms with Crippen molar-refractivity contribution in [2.45, 2.75) is 31.7 Å². The predicted octanol–water partition coefficient (Wildman–Crippen LogP) is 3.33. The minimum atomic E-state index is -5.08. The summed E-state index contributed by atoms with van der Waals surface area (Å²) in [5, 5.41) is 14.2. The average Bonchev–Trinajstić information content (AvgIpc) is 3.31. The summed E-state index contributed by atoms with van der Waals surface area (Å²) in [7, 11) is 1.69. The first kappa shape index (κ1) is 37.3. The number of methoxy groups -OCH3 is 1. The summed E-state index contributed by atoms with van der Waals surface area (Å²) in [5.41, 5.74) is 0.870. The van der Waals surface area contributed by atoms with Gasteiger partial charge in [0.15, 0.2) is 0 Å². The largest absolute Gasteiger partial charge is 0.497 e. The van der Waals surface area contributed by atoms with Crippen LogP contribution in [0.4, 0.5) is 32.3 Å². The van der Waals surface area contributed by atoms with Crippen LogP contribution in [0.25, 0.3) is 0 Å². The maximum atomic E-state index is 14.0. The molecule has 0 saturated carbocycles. The second kappa shape index (κ2) is 16.1. The number of likely N-dealkylation sites (tertiary alicyclic amines) is 1. The van der Waals surface area contributed by atoms with Crippen LogP contribution in [0.2, 0.25) is 0 Å². The zero-order valence-corrected chi connectivity index (χ0v) is 25.3. The van der Waals surface area contributed by atoms with Gasteiger partial charge >= 0.3 is 24.3 Å². The molecule has 3 aliphatic heterocycles. The Kier molecular flexibility index (Phi) is 12.7. The van der Waals surface area contributed by atoms with Crippen molar-refractivity contribution in [2.75, 3.05) is 64.5 Å². The lowest BCUT2D eigenvalue weighted by atomic mass is 9.73. The molecule has 1 aromatic heterocycles. The normalized spacial score (nSPS) is 21.6. The molecule has 3 fully saturated rings. The molecule has 1 amide bonds. The molecule has 1 aromatic carbocycles. The minimum Gasteiger partial charge on any atom is -0.497 e. The Morgan fingerprint density at radius 2 is 1.49 bits per heavy atom. The van der Waals surface area contributed by atoms with Crippen LogP contribution in [0.3, 0.4) is 0 Å². The molecular formula is C29H35F6N5O7. The number of aliphatic carboxylic acids is 2. The van der Waals surface area contributed by atoms with Gasteiger partial charge in [0.1, 0.15) is 5.75 Å². The van der Waals surface area contributed by atoms with Gasteiger partial charge in [-0.25, -0.2) is 19.6 Å². The number of anilines is 1. The molecule has 0 radical (unpaired) electrons. The SMILES string of the molecule is COc1ccc(CN2CCC[C@]3(C(=O)N4CCOCC4)CN(c4ncccn4)C[C@@H]3C2)cc1.O=C(O)C(F)(F)F.O=C(O)C(F)(F)F. The number of ether oxygens (including phenoxy) is 2. The van der Waals surface area contributed by atoms with E-state index in [9.17, 15) is 31.1 Å². The summed E-state index contributed by atoms with van der Waals surface area (Å²) in [4.78, 5) is 47.5. The van der Waals surface area contributed by atoms with Gasteiger partial charge in [0.2, 0.25) is 11.9 Å². The molecule has 3 saturated heterocycles. The van der Waals surface area contributed by atoms with Gasteiger partial charge in [0.25, 0.3) is 0 Å². The smallest absolute Gasteiger partial charge is 0.490 e. The molecule has 2 N–H and O–H groups in total. The molecule has 47 heavy (non-hydrogen) atoms. The second-order valence-electron chi connectivity index (χ2n) is 11.0. The summed E-state index contributed by atoms with van der Waals surface area (Å²) in [6, 6.07) is 10.1. The van der Waals surface area contributed by atoms with E-state index in [-0.39, 0.29) is 5.92 Å². The average molecular weight is 680 g/mol. The molecule has 0 spiro atoms. The molecule has 2 atom stereocenters. The number of carbonyl (C=O) groups excluding carboxylic acids is 1. The van der Waals surface area contributed by atoms with Crippen molar-refractivity contribution >= 4 is 23.8 Å². The number of morpholine rings is 1. The van der Waals surface area contributed by atoms with Gasteiger partial charge in [-0.1, -0.05) is 12.1 Å². The molecule has 0 aliphatic carbocycles. The number of nitrogens with zero attached hydrogens (tertiary/aromatic N) is 5. The van der Waals surface area contributed by atoms with Crippen molar-refractivity contribution in [2.24, 2.45) is 11.3 Å². The number of fused-ring (bicyclic) bond motifs is 1. The monoisotopic (exact) mass is 679 g/mol. The van der Waals surface area contributed by atoms with E-state index < -0.39 is 29.7 Å². The Hall–Kier alpha value is -4.19. The minimum absolute atomic E-state index is 0.234. The van der Waals surface area contributed by atoms with Gasteiger partial charge < -0.3 is 29.5 Å². The lowest BCUT2D eigenvalue weighted by Gasteiger charge is -2.38. The van der Waals surface area contributed by atoms with Crippen LogP contribution in [-0.4, -0.2) is 120 Å². The van der Waals surface area contributed by atoms with Crippen molar-refractivity contribution in [3.63, 3.8) is 0 Å². The maximum Gasteiger partial charge on any atom is 0.490 e. The maximum absolute atomic E-state index is 14.0. The Morgan fingerprint density at radius 1 is 0.936 bits per heavy atom. The zero-order valence-electron chi connectivity index (χ0n) is 25.3. The third-order valence-corrected chi connectivity index (χ3v) is 7.88. The zero-order chi connectivity index (χ0) is 34.8. The van der Waals surface area contributed by atoms with E-state index in [1.807, 2.05) is 23.1 Å². The van der Waals surface area contributed by atoms with E-state index in [2.05, 4.69) is 31.9 Å². The number of halogens is 6. The Labute approximate surface area is 265 Å². The van der Waals surface area contributed by atoms with Gasteiger partial charge in [0.05, 0.1) is 25.7 Å². The van der Waals surface area contributed by atoms with E-state index >= 15 is 0 Å². The Bertz CT molecular complexity index is 1300. The standard InChI is InChI=1S/C25H33N5O3.2C2HF3O2/c1-32-22-6-4-20(5-7-22)16-28-11-2-8-25(23(31)29-12-14-33-15-13-29)19-30(18-21(25)17-28)24-26-9-3-10-27-24;2*3-2(4,5)1(6)7/h3-7,9-10,21H,2,8,11-19H2,1H3;2*(H,6,7)/t21-,25-;;/m0../s1. The molecule has 4 heterocycles. The number of hydrogen-bond donors (Lipinski definition) is 2. The molecule has 5 rings (SSSR count). The fraction of sp³-hybridized carbons (Fsp3) is 0.552. The summed E-state index contributed by atoms with van der Waals surface area (Å²) in [6.07, 6.45) is -4.70. The molecule has 2 aromatic rings. The van der Waals surface area contributed by atoms with Crippen molar-refractivity contribution in [1.82, 2.24) is 19.8 Å². The number of aromatic nitrogens is 2. The number of hydrogen-bond acceptors (Lipinski definition) is 9. The van der Waals surface area contributed by atoms with Crippen molar-refractivity contribution in [1.29, 1.82) is 0 Å². The van der Waals surface area contributed by atoms with Gasteiger partial charge in [-0.05, 0) is 43.1 Å². The first-order chi connectivity index (χ1) is 22.1. The van der Waals surface area contributed by atoms with Gasteiger partial charge in [0, 0.05) is 57.6 Å². The van der Waals surface area contributed by atoms with E-state index in [1.165, 1.54) is 5.56 Å². The highest BCUT2D eigenvalue weighted by Gasteiger charge is 2.55. The molecular weight excluding hydrogens is 644 g/mol. The highest BCUT2D eigenvalue weighted by Crippen LogP contribution is 2.45. The number of alkyl halides is 6. The summed E-state index contributed by atoms with van der Waals surface area (Å²) < 4.78 is 74.3. The van der Waals surface area contributed by atoms with Crippen LogP contribution < -0.4 is 9.64 Å². The number of amides is 1. The molecule has 3 aliphatic rings. The molecule has 0 bridgehead atoms. The van der Waals surface area contributed by atoms with E-state index in [0.717, 1.165) is 50.7 Å². The van der Waals surface area contributed by atoms with Gasteiger partial charge in [-0.3, -0.25) is 9.69 Å². The number of benzene rings is 1. The number of rotatable bonds is 5. The lowest BCUT2D eigenvalue weighted by Crippen LogP contribution is -2.52. The summed E-state index contributed by atoms with van der Waals surface area (Å²) >= 11 is 0. The molecule has 0 unspecified atom stereocenters. The summed E-state index contributed by atoms with van der Waals surface area (Å²) in [5.74, 6) is -3.39. The second-order valence-corrected chi connectivity index (χ2v) is 11.0. The van der Waals surface area contributed by atoms with E-state index in [1.54, 1.807) is 19.5 Å². The number of carbonyl (C=O) groups is 3. The van der Waals surface area contributed by atoms with Crippen LogP contribution >= 0.6 is 0 Å². The molecule has 260 valence electrons. The molecule has 18 heteroatoms. The van der Waals surface area contributed by atoms with Crippen molar-refractivity contribution in [3.05, 3.63) is 48.3 Å². The van der Waals surface area contributed by atoms with E-state index in [0.29, 0.717) is 38.8 Å². The van der Waals surface area contributed by atoms with Crippen LogP contribution in [0.1, 0.15) is 18.4 Å². The highest BCUT2D eigenvalue weighted by molar-refractivity contribution is 5.85. The Morgan fingerprint density at radius 3 is 2.00 bits per heavy atom. The third kappa shape index (κ3) is 10.4.